The fraction of sp³-hybridized carbons (Fsp3) is 0.542. The Bertz CT molecular complexity index is 1090. The van der Waals surface area contributed by atoms with Gasteiger partial charge < -0.3 is 14.9 Å². The molecule has 2 aromatic rings. The highest BCUT2D eigenvalue weighted by Crippen LogP contribution is 2.39. The van der Waals surface area contributed by atoms with E-state index in [2.05, 4.69) is 25.9 Å². The normalized spacial score (nSPS) is 18.8. The van der Waals surface area contributed by atoms with Crippen molar-refractivity contribution in [2.75, 3.05) is 13.1 Å². The van der Waals surface area contributed by atoms with E-state index in [1.165, 1.54) is 4.90 Å². The molecule has 1 fully saturated rings. The van der Waals surface area contributed by atoms with Crippen LogP contribution in [0.2, 0.25) is 5.02 Å². The molecule has 172 valence electrons. The number of nitrogens with zero attached hydrogens (tertiary/aromatic N) is 4. The molecule has 0 bridgehead atoms. The number of rotatable bonds is 2. The van der Waals surface area contributed by atoms with Crippen LogP contribution in [-0.4, -0.2) is 49.8 Å². The summed E-state index contributed by atoms with van der Waals surface area (Å²) in [6, 6.07) is 3.61. The SMILES string of the molecule is Cc1c(C(C)(C)C)c(C(=O)N2CCc3cc(Cl)cc([C@@H]4CCCN4C(=O)O)c3C2)nn1C. The molecular weight excluding hydrogens is 428 g/mol. The van der Waals surface area contributed by atoms with E-state index in [0.717, 1.165) is 40.8 Å². The number of likely N-dealkylation sites (tertiary alicyclic amines) is 1. The Hall–Kier alpha value is -2.54. The molecule has 1 aromatic heterocycles. The summed E-state index contributed by atoms with van der Waals surface area (Å²) in [5.74, 6) is -0.0771. The smallest absolute Gasteiger partial charge is 0.407 e. The first-order valence-electron chi connectivity index (χ1n) is 11.1. The molecule has 0 aliphatic carbocycles. The zero-order valence-corrected chi connectivity index (χ0v) is 20.2. The fourth-order valence-electron chi connectivity index (χ4n) is 5.25. The van der Waals surface area contributed by atoms with Crippen LogP contribution >= 0.6 is 11.6 Å². The van der Waals surface area contributed by atoms with Gasteiger partial charge in [-0.25, -0.2) is 4.79 Å². The van der Waals surface area contributed by atoms with Crippen molar-refractivity contribution in [3.8, 4) is 0 Å². The molecule has 1 N–H and O–H groups in total. The molecule has 1 saturated heterocycles. The lowest BCUT2D eigenvalue weighted by Gasteiger charge is -2.33. The molecular formula is C24H31ClN4O3. The first kappa shape index (κ1) is 22.6. The third kappa shape index (κ3) is 3.87. The lowest BCUT2D eigenvalue weighted by molar-refractivity contribution is 0.0723. The number of halogens is 1. The zero-order chi connectivity index (χ0) is 23.4. The summed E-state index contributed by atoms with van der Waals surface area (Å²) >= 11 is 6.41. The second-order valence-corrected chi connectivity index (χ2v) is 10.4. The van der Waals surface area contributed by atoms with Crippen molar-refractivity contribution < 1.29 is 14.7 Å². The van der Waals surface area contributed by atoms with Crippen molar-refractivity contribution >= 4 is 23.6 Å². The van der Waals surface area contributed by atoms with Crippen LogP contribution in [0.25, 0.3) is 0 Å². The first-order chi connectivity index (χ1) is 15.0. The van der Waals surface area contributed by atoms with E-state index >= 15 is 0 Å². The maximum absolute atomic E-state index is 13.6. The molecule has 2 aliphatic rings. The highest BCUT2D eigenvalue weighted by molar-refractivity contribution is 6.30. The summed E-state index contributed by atoms with van der Waals surface area (Å²) in [4.78, 5) is 28.8. The molecule has 0 spiro atoms. The molecule has 2 aliphatic heterocycles. The molecule has 7 nitrogen and oxygen atoms in total. The van der Waals surface area contributed by atoms with Gasteiger partial charge in [0.25, 0.3) is 5.91 Å². The van der Waals surface area contributed by atoms with Crippen LogP contribution in [0.5, 0.6) is 0 Å². The molecule has 1 aromatic carbocycles. The Labute approximate surface area is 193 Å². The molecule has 0 radical (unpaired) electrons. The van der Waals surface area contributed by atoms with E-state index in [0.29, 0.717) is 36.8 Å². The Balaban J connectivity index is 1.71. The molecule has 3 heterocycles. The van der Waals surface area contributed by atoms with Gasteiger partial charge in [0, 0.05) is 43.0 Å². The van der Waals surface area contributed by atoms with Crippen molar-refractivity contribution in [3.05, 3.63) is 50.8 Å². The van der Waals surface area contributed by atoms with E-state index in [-0.39, 0.29) is 17.4 Å². The molecule has 2 amide bonds. The molecule has 1 atom stereocenters. The van der Waals surface area contributed by atoms with E-state index in [1.54, 1.807) is 4.68 Å². The van der Waals surface area contributed by atoms with Crippen LogP contribution in [0.4, 0.5) is 4.79 Å². The standard InChI is InChI=1S/C24H31ClN4O3/c1-14-20(24(2,3)4)21(26-27(14)5)22(30)28-10-8-15-11-16(25)12-17(18(15)13-28)19-7-6-9-29(19)23(31)32/h11-12,19H,6-10,13H2,1-5H3,(H,31,32)/t19-/m0/s1. The second-order valence-electron chi connectivity index (χ2n) is 9.93. The number of fused-ring (bicyclic) bond motifs is 1. The van der Waals surface area contributed by atoms with E-state index in [1.807, 2.05) is 31.0 Å². The Kier molecular flexibility index (Phi) is 5.74. The number of hydrogen-bond acceptors (Lipinski definition) is 3. The minimum absolute atomic E-state index is 0.0771. The van der Waals surface area contributed by atoms with Crippen molar-refractivity contribution in [1.29, 1.82) is 0 Å². The largest absolute Gasteiger partial charge is 0.465 e. The van der Waals surface area contributed by atoms with Crippen molar-refractivity contribution in [3.63, 3.8) is 0 Å². The van der Waals surface area contributed by atoms with Gasteiger partial charge in [-0.05, 0) is 60.4 Å². The summed E-state index contributed by atoms with van der Waals surface area (Å²) in [5.41, 5.74) is 5.32. The van der Waals surface area contributed by atoms with Crippen molar-refractivity contribution in [2.45, 2.75) is 65.0 Å². The lowest BCUT2D eigenvalue weighted by atomic mass is 9.84. The van der Waals surface area contributed by atoms with Crippen molar-refractivity contribution in [1.82, 2.24) is 19.6 Å². The van der Waals surface area contributed by atoms with E-state index in [9.17, 15) is 14.7 Å². The van der Waals surface area contributed by atoms with Crippen LogP contribution in [0.1, 0.15) is 78.1 Å². The topological polar surface area (TPSA) is 78.7 Å². The number of carbonyl (C=O) groups excluding carboxylic acids is 1. The Morgan fingerprint density at radius 3 is 2.59 bits per heavy atom. The van der Waals surface area contributed by atoms with Gasteiger partial charge in [0.1, 0.15) is 0 Å². The van der Waals surface area contributed by atoms with Gasteiger partial charge in [0.05, 0.1) is 6.04 Å². The summed E-state index contributed by atoms with van der Waals surface area (Å²) in [7, 11) is 1.87. The summed E-state index contributed by atoms with van der Waals surface area (Å²) in [6.07, 6.45) is 1.36. The molecule has 0 saturated carbocycles. The number of aryl methyl sites for hydroxylation is 1. The zero-order valence-electron chi connectivity index (χ0n) is 19.4. The molecule has 0 unspecified atom stereocenters. The summed E-state index contributed by atoms with van der Waals surface area (Å²) in [5, 5.41) is 14.9. The summed E-state index contributed by atoms with van der Waals surface area (Å²) < 4.78 is 1.78. The molecule has 8 heteroatoms. The number of carboxylic acid groups (broad SMARTS) is 1. The average molecular weight is 459 g/mol. The van der Waals surface area contributed by atoms with Gasteiger partial charge in [-0.2, -0.15) is 5.10 Å². The average Bonchev–Trinajstić information content (AvgIpc) is 3.31. The third-order valence-electron chi connectivity index (χ3n) is 6.77. The Morgan fingerprint density at radius 1 is 1.22 bits per heavy atom. The maximum atomic E-state index is 13.6. The van der Waals surface area contributed by atoms with Gasteiger partial charge >= 0.3 is 6.09 Å². The van der Waals surface area contributed by atoms with Gasteiger partial charge in [0.15, 0.2) is 5.69 Å². The van der Waals surface area contributed by atoms with Gasteiger partial charge in [-0.15, -0.1) is 0 Å². The van der Waals surface area contributed by atoms with Crippen LogP contribution in [0, 0.1) is 6.92 Å². The summed E-state index contributed by atoms with van der Waals surface area (Å²) in [6.45, 7) is 9.82. The van der Waals surface area contributed by atoms with Crippen LogP contribution in [0.15, 0.2) is 12.1 Å². The van der Waals surface area contributed by atoms with Gasteiger partial charge in [-0.1, -0.05) is 32.4 Å². The second kappa shape index (κ2) is 8.10. The van der Waals surface area contributed by atoms with E-state index in [4.69, 9.17) is 11.6 Å². The Morgan fingerprint density at radius 2 is 1.94 bits per heavy atom. The minimum atomic E-state index is -0.913. The van der Waals surface area contributed by atoms with Gasteiger partial charge in [0.2, 0.25) is 0 Å². The number of carbonyl (C=O) groups is 2. The van der Waals surface area contributed by atoms with Crippen LogP contribution in [-0.2, 0) is 25.4 Å². The fourth-order valence-corrected chi connectivity index (χ4v) is 5.50. The van der Waals surface area contributed by atoms with Crippen LogP contribution in [0.3, 0.4) is 0 Å². The maximum Gasteiger partial charge on any atom is 0.407 e. The number of aromatic nitrogens is 2. The van der Waals surface area contributed by atoms with Crippen molar-refractivity contribution in [2.24, 2.45) is 7.05 Å². The monoisotopic (exact) mass is 458 g/mol. The lowest BCUT2D eigenvalue weighted by Crippen LogP contribution is -2.38. The predicted molar refractivity (Wildman–Crippen MR) is 123 cm³/mol. The highest BCUT2D eigenvalue weighted by atomic mass is 35.5. The molecule has 4 rings (SSSR count). The predicted octanol–water partition coefficient (Wildman–Crippen LogP) is 4.69. The quantitative estimate of drug-likeness (QED) is 0.707. The van der Waals surface area contributed by atoms with Gasteiger partial charge in [-0.3, -0.25) is 9.48 Å². The van der Waals surface area contributed by atoms with Crippen LogP contribution < -0.4 is 0 Å². The minimum Gasteiger partial charge on any atom is -0.465 e. The third-order valence-corrected chi connectivity index (χ3v) is 6.99. The first-order valence-corrected chi connectivity index (χ1v) is 11.5. The molecule has 32 heavy (non-hydrogen) atoms. The number of amides is 2. The van der Waals surface area contributed by atoms with E-state index < -0.39 is 6.09 Å². The number of hydrogen-bond donors (Lipinski definition) is 1. The number of benzene rings is 1. The highest BCUT2D eigenvalue weighted by Gasteiger charge is 2.36.